The van der Waals surface area contributed by atoms with Crippen molar-refractivity contribution in [3.8, 4) is 16.9 Å². The van der Waals surface area contributed by atoms with E-state index in [-0.39, 0.29) is 4.90 Å². The van der Waals surface area contributed by atoms with Gasteiger partial charge in [0.2, 0.25) is 10.0 Å². The van der Waals surface area contributed by atoms with Crippen LogP contribution in [-0.2, 0) is 22.9 Å². The summed E-state index contributed by atoms with van der Waals surface area (Å²) in [6, 6.07) is 16.8. The number of fused-ring (bicyclic) bond motifs is 1. The van der Waals surface area contributed by atoms with Crippen molar-refractivity contribution < 1.29 is 8.42 Å². The zero-order valence-corrected chi connectivity index (χ0v) is 14.5. The molecule has 2 N–H and O–H groups in total. The van der Waals surface area contributed by atoms with Crippen LogP contribution in [0.1, 0.15) is 24.1 Å². The van der Waals surface area contributed by atoms with Gasteiger partial charge in [-0.25, -0.2) is 18.2 Å². The molecule has 1 aliphatic carbocycles. The summed E-state index contributed by atoms with van der Waals surface area (Å²) in [5, 5.41) is 10.0. The fourth-order valence-corrected chi connectivity index (χ4v) is 3.93. The van der Waals surface area contributed by atoms with E-state index in [9.17, 15) is 8.42 Å². The van der Waals surface area contributed by atoms with Gasteiger partial charge < -0.3 is 0 Å². The van der Waals surface area contributed by atoms with Crippen LogP contribution in [0.25, 0.3) is 16.9 Å². The number of aryl methyl sites for hydroxylation is 1. The summed E-state index contributed by atoms with van der Waals surface area (Å²) in [4.78, 5) is 0.106. The molecule has 6 heteroatoms. The van der Waals surface area contributed by atoms with Crippen molar-refractivity contribution in [3.63, 3.8) is 0 Å². The lowest BCUT2D eigenvalue weighted by Gasteiger charge is -2.12. The lowest BCUT2D eigenvalue weighted by atomic mass is 9.93. The summed E-state index contributed by atoms with van der Waals surface area (Å²) in [6.45, 7) is 0. The Labute approximate surface area is 147 Å². The van der Waals surface area contributed by atoms with E-state index in [2.05, 4.69) is 12.1 Å². The second-order valence-electron chi connectivity index (χ2n) is 6.30. The van der Waals surface area contributed by atoms with Crippen molar-refractivity contribution in [1.82, 2.24) is 9.78 Å². The van der Waals surface area contributed by atoms with Gasteiger partial charge in [0.05, 0.1) is 22.0 Å². The van der Waals surface area contributed by atoms with E-state index in [1.807, 2.05) is 22.9 Å². The fourth-order valence-electron chi connectivity index (χ4n) is 3.41. The Morgan fingerprint density at radius 1 is 0.920 bits per heavy atom. The highest BCUT2D eigenvalue weighted by Gasteiger charge is 2.22. The number of hydrogen-bond acceptors (Lipinski definition) is 3. The molecule has 0 saturated heterocycles. The lowest BCUT2D eigenvalue weighted by Crippen LogP contribution is -2.12. The van der Waals surface area contributed by atoms with Gasteiger partial charge in [0, 0.05) is 11.1 Å². The van der Waals surface area contributed by atoms with Crippen molar-refractivity contribution in [3.05, 3.63) is 65.9 Å². The quantitative estimate of drug-likeness (QED) is 0.786. The Hall–Kier alpha value is -2.44. The molecule has 0 atom stereocenters. The van der Waals surface area contributed by atoms with E-state index in [1.54, 1.807) is 12.1 Å². The summed E-state index contributed by atoms with van der Waals surface area (Å²) >= 11 is 0. The minimum absolute atomic E-state index is 0.106. The van der Waals surface area contributed by atoms with Gasteiger partial charge in [0.25, 0.3) is 0 Å². The molecule has 0 spiro atoms. The van der Waals surface area contributed by atoms with Crippen molar-refractivity contribution in [2.45, 2.75) is 30.6 Å². The predicted molar refractivity (Wildman–Crippen MR) is 97.0 cm³/mol. The smallest absolute Gasteiger partial charge is 0.233 e. The number of primary sulfonamides is 1. The number of hydrogen-bond donors (Lipinski definition) is 1. The van der Waals surface area contributed by atoms with Crippen LogP contribution in [0.2, 0.25) is 0 Å². The molecule has 1 aliphatic rings. The maximum absolute atomic E-state index is 11.5. The second kappa shape index (κ2) is 6.13. The van der Waals surface area contributed by atoms with Crippen LogP contribution in [0, 0.1) is 0 Å². The van der Waals surface area contributed by atoms with Gasteiger partial charge in [0.15, 0.2) is 0 Å². The molecule has 0 fully saturated rings. The summed E-state index contributed by atoms with van der Waals surface area (Å²) in [6.07, 6.45) is 4.33. The highest BCUT2D eigenvalue weighted by molar-refractivity contribution is 7.89. The first-order chi connectivity index (χ1) is 12.0. The highest BCUT2D eigenvalue weighted by atomic mass is 32.2. The molecule has 5 nitrogen and oxygen atoms in total. The minimum Gasteiger partial charge on any atom is -0.233 e. The molecule has 0 radical (unpaired) electrons. The van der Waals surface area contributed by atoms with E-state index in [4.69, 9.17) is 10.2 Å². The van der Waals surface area contributed by atoms with Gasteiger partial charge in [0.1, 0.15) is 0 Å². The number of aromatic nitrogens is 2. The Kier molecular flexibility index (Phi) is 3.94. The SMILES string of the molecule is NS(=O)(=O)c1ccc(-n2nc3c(c2-c2ccccc2)CCCC3)cc1. The lowest BCUT2D eigenvalue weighted by molar-refractivity contribution is 0.598. The number of nitrogens with zero attached hydrogens (tertiary/aromatic N) is 2. The minimum atomic E-state index is -3.70. The van der Waals surface area contributed by atoms with Crippen LogP contribution in [0.3, 0.4) is 0 Å². The van der Waals surface area contributed by atoms with Gasteiger partial charge in [-0.1, -0.05) is 30.3 Å². The number of nitrogens with two attached hydrogens (primary N) is 1. The summed E-state index contributed by atoms with van der Waals surface area (Å²) in [7, 11) is -3.70. The summed E-state index contributed by atoms with van der Waals surface area (Å²) in [5.41, 5.74) is 5.49. The number of rotatable bonds is 3. The van der Waals surface area contributed by atoms with Crippen LogP contribution >= 0.6 is 0 Å². The highest BCUT2D eigenvalue weighted by Crippen LogP contribution is 2.33. The van der Waals surface area contributed by atoms with Gasteiger partial charge >= 0.3 is 0 Å². The van der Waals surface area contributed by atoms with E-state index >= 15 is 0 Å². The molecule has 0 amide bonds. The Balaban J connectivity index is 1.89. The van der Waals surface area contributed by atoms with Crippen LogP contribution in [0.15, 0.2) is 59.5 Å². The van der Waals surface area contributed by atoms with Crippen LogP contribution < -0.4 is 5.14 Å². The molecule has 128 valence electrons. The fraction of sp³-hybridized carbons (Fsp3) is 0.211. The van der Waals surface area contributed by atoms with E-state index in [0.717, 1.165) is 41.9 Å². The second-order valence-corrected chi connectivity index (χ2v) is 7.86. The topological polar surface area (TPSA) is 78.0 Å². The van der Waals surface area contributed by atoms with Crippen molar-refractivity contribution in [1.29, 1.82) is 0 Å². The third-order valence-electron chi connectivity index (χ3n) is 4.61. The predicted octanol–water partition coefficient (Wildman–Crippen LogP) is 3.07. The number of sulfonamides is 1. The largest absolute Gasteiger partial charge is 0.238 e. The molecule has 0 unspecified atom stereocenters. The molecule has 1 aromatic heterocycles. The molecule has 2 aromatic carbocycles. The molecule has 1 heterocycles. The van der Waals surface area contributed by atoms with Crippen molar-refractivity contribution >= 4 is 10.0 Å². The molecular formula is C19H19N3O2S. The maximum atomic E-state index is 11.5. The van der Waals surface area contributed by atoms with Gasteiger partial charge in [-0.05, 0) is 49.9 Å². The van der Waals surface area contributed by atoms with Gasteiger partial charge in [-0.15, -0.1) is 0 Å². The zero-order valence-electron chi connectivity index (χ0n) is 13.7. The van der Waals surface area contributed by atoms with Crippen LogP contribution in [0.5, 0.6) is 0 Å². The van der Waals surface area contributed by atoms with E-state index < -0.39 is 10.0 Å². The average Bonchev–Trinajstić information content (AvgIpc) is 3.01. The standard InChI is InChI=1S/C19H19N3O2S/c20-25(23,24)16-12-10-15(11-13-16)22-19(14-6-2-1-3-7-14)17-8-4-5-9-18(17)21-22/h1-3,6-7,10-13H,4-5,8-9H2,(H2,20,23,24). The average molecular weight is 353 g/mol. The van der Waals surface area contributed by atoms with Crippen LogP contribution in [-0.4, -0.2) is 18.2 Å². The van der Waals surface area contributed by atoms with Crippen molar-refractivity contribution in [2.24, 2.45) is 5.14 Å². The molecule has 4 rings (SSSR count). The first-order valence-corrected chi connectivity index (χ1v) is 9.88. The molecule has 0 aliphatic heterocycles. The van der Waals surface area contributed by atoms with Gasteiger partial charge in [-0.3, -0.25) is 0 Å². The normalized spacial score (nSPS) is 14.3. The van der Waals surface area contributed by atoms with E-state index in [1.165, 1.54) is 24.1 Å². The Morgan fingerprint density at radius 2 is 1.60 bits per heavy atom. The summed E-state index contributed by atoms with van der Waals surface area (Å²) in [5.74, 6) is 0. The first-order valence-electron chi connectivity index (χ1n) is 8.33. The third-order valence-corrected chi connectivity index (χ3v) is 5.54. The zero-order chi connectivity index (χ0) is 17.4. The maximum Gasteiger partial charge on any atom is 0.238 e. The molecular weight excluding hydrogens is 334 g/mol. The van der Waals surface area contributed by atoms with Crippen molar-refractivity contribution in [2.75, 3.05) is 0 Å². The first kappa shape index (κ1) is 16.1. The number of benzene rings is 2. The Bertz CT molecular complexity index is 1010. The third kappa shape index (κ3) is 2.99. The van der Waals surface area contributed by atoms with Gasteiger partial charge in [-0.2, -0.15) is 5.10 Å². The molecule has 3 aromatic rings. The molecule has 0 bridgehead atoms. The van der Waals surface area contributed by atoms with E-state index in [0.29, 0.717) is 0 Å². The molecule has 0 saturated carbocycles. The molecule has 25 heavy (non-hydrogen) atoms. The summed E-state index contributed by atoms with van der Waals surface area (Å²) < 4.78 is 24.9. The monoisotopic (exact) mass is 353 g/mol. The van der Waals surface area contributed by atoms with Crippen LogP contribution in [0.4, 0.5) is 0 Å². The Morgan fingerprint density at radius 3 is 2.28 bits per heavy atom.